The maximum Gasteiger partial charge on any atom is 0.206 e. The summed E-state index contributed by atoms with van der Waals surface area (Å²) in [7, 11) is 1.57. The fourth-order valence-corrected chi connectivity index (χ4v) is 3.03. The van der Waals surface area contributed by atoms with Crippen LogP contribution in [0.4, 0.5) is 0 Å². The van der Waals surface area contributed by atoms with Gasteiger partial charge in [0.1, 0.15) is 5.75 Å². The molecule has 2 rings (SSSR count). The molecule has 1 heterocycles. The second-order valence-electron chi connectivity index (χ2n) is 3.54. The number of carbonyl (C=O) groups excluding carboxylic acids is 1. The molecule has 2 nitrogen and oxygen atoms in total. The number of ether oxygens (including phenoxy) is 1. The van der Waals surface area contributed by atoms with E-state index in [9.17, 15) is 4.79 Å². The van der Waals surface area contributed by atoms with Crippen molar-refractivity contribution in [2.24, 2.45) is 0 Å². The van der Waals surface area contributed by atoms with Crippen molar-refractivity contribution in [2.75, 3.05) is 7.11 Å². The van der Waals surface area contributed by atoms with Crippen LogP contribution < -0.4 is 4.74 Å². The van der Waals surface area contributed by atoms with Gasteiger partial charge in [0.2, 0.25) is 5.78 Å². The summed E-state index contributed by atoms with van der Waals surface area (Å²) in [5.74, 6) is 0.612. The van der Waals surface area contributed by atoms with Gasteiger partial charge in [-0.3, -0.25) is 4.79 Å². The third-order valence-corrected chi connectivity index (χ3v) is 4.57. The van der Waals surface area contributed by atoms with Gasteiger partial charge in [-0.15, -0.1) is 11.3 Å². The minimum absolute atomic E-state index is 0.00116. The molecule has 0 radical (unpaired) electrons. The Labute approximate surface area is 112 Å². The maximum atomic E-state index is 12.3. The summed E-state index contributed by atoms with van der Waals surface area (Å²) in [6.07, 6.45) is 0. The monoisotopic (exact) mass is 310 g/mol. The number of ketones is 1. The average molecular weight is 311 g/mol. The molecule has 88 valence electrons. The van der Waals surface area contributed by atoms with E-state index in [0.29, 0.717) is 11.3 Å². The molecule has 0 saturated heterocycles. The van der Waals surface area contributed by atoms with Crippen LogP contribution >= 0.6 is 27.3 Å². The summed E-state index contributed by atoms with van der Waals surface area (Å²) in [5.41, 5.74) is 0.601. The Bertz CT molecular complexity index is 541. The van der Waals surface area contributed by atoms with Gasteiger partial charge in [0.05, 0.1) is 17.6 Å². The lowest BCUT2D eigenvalue weighted by molar-refractivity contribution is 0.103. The van der Waals surface area contributed by atoms with E-state index in [4.69, 9.17) is 4.74 Å². The van der Waals surface area contributed by atoms with Gasteiger partial charge >= 0.3 is 0 Å². The molecule has 2 aromatic rings. The van der Waals surface area contributed by atoms with E-state index in [-0.39, 0.29) is 5.78 Å². The van der Waals surface area contributed by atoms with E-state index in [1.54, 1.807) is 19.2 Å². The van der Waals surface area contributed by atoms with Crippen LogP contribution in [-0.2, 0) is 0 Å². The Morgan fingerprint density at radius 2 is 2.06 bits per heavy atom. The molecule has 0 aliphatic rings. The molecular formula is C13H11BrO2S. The molecular weight excluding hydrogens is 300 g/mol. The SMILES string of the molecule is COc1ccccc1C(=O)c1cc(Br)c(C)s1. The molecule has 0 fully saturated rings. The first kappa shape index (κ1) is 12.3. The Morgan fingerprint density at radius 3 is 2.65 bits per heavy atom. The number of aryl methyl sites for hydroxylation is 1. The molecule has 0 aliphatic carbocycles. The molecule has 0 unspecified atom stereocenters. The van der Waals surface area contributed by atoms with E-state index in [1.807, 2.05) is 25.1 Å². The minimum atomic E-state index is 0.00116. The highest BCUT2D eigenvalue weighted by atomic mass is 79.9. The molecule has 1 aromatic heterocycles. The van der Waals surface area contributed by atoms with Gasteiger partial charge in [0, 0.05) is 9.35 Å². The van der Waals surface area contributed by atoms with E-state index < -0.39 is 0 Å². The van der Waals surface area contributed by atoms with Crippen molar-refractivity contribution in [1.82, 2.24) is 0 Å². The normalized spacial score (nSPS) is 10.3. The maximum absolute atomic E-state index is 12.3. The quantitative estimate of drug-likeness (QED) is 0.799. The van der Waals surface area contributed by atoms with Crippen molar-refractivity contribution in [3.8, 4) is 5.75 Å². The van der Waals surface area contributed by atoms with Crippen LogP contribution in [0.25, 0.3) is 0 Å². The number of hydrogen-bond donors (Lipinski definition) is 0. The highest BCUT2D eigenvalue weighted by Crippen LogP contribution is 2.30. The van der Waals surface area contributed by atoms with Crippen molar-refractivity contribution in [3.63, 3.8) is 0 Å². The lowest BCUT2D eigenvalue weighted by Gasteiger charge is -2.05. The topological polar surface area (TPSA) is 26.3 Å². The summed E-state index contributed by atoms with van der Waals surface area (Å²) in [5, 5.41) is 0. The summed E-state index contributed by atoms with van der Waals surface area (Å²) in [6.45, 7) is 1.98. The number of thiophene rings is 1. The van der Waals surface area contributed by atoms with Crippen molar-refractivity contribution in [2.45, 2.75) is 6.92 Å². The Morgan fingerprint density at radius 1 is 1.35 bits per heavy atom. The van der Waals surface area contributed by atoms with Crippen molar-refractivity contribution >= 4 is 33.0 Å². The van der Waals surface area contributed by atoms with Gasteiger partial charge in [0.25, 0.3) is 0 Å². The highest BCUT2D eigenvalue weighted by molar-refractivity contribution is 9.10. The third kappa shape index (κ3) is 2.42. The number of benzene rings is 1. The summed E-state index contributed by atoms with van der Waals surface area (Å²) >= 11 is 4.90. The standard InChI is InChI=1S/C13H11BrO2S/c1-8-10(14)7-12(17-8)13(15)9-5-3-4-6-11(9)16-2/h3-7H,1-2H3. The fourth-order valence-electron chi connectivity index (χ4n) is 1.54. The number of para-hydroxylation sites is 1. The number of carbonyl (C=O) groups is 1. The van der Waals surface area contributed by atoms with Gasteiger partial charge in [-0.1, -0.05) is 12.1 Å². The lowest BCUT2D eigenvalue weighted by Crippen LogP contribution is -2.01. The Hall–Kier alpha value is -1.13. The van der Waals surface area contributed by atoms with E-state index in [0.717, 1.165) is 14.2 Å². The Kier molecular flexibility index (Phi) is 3.64. The lowest BCUT2D eigenvalue weighted by atomic mass is 10.1. The van der Waals surface area contributed by atoms with Gasteiger partial charge in [0.15, 0.2) is 0 Å². The van der Waals surface area contributed by atoms with Crippen LogP contribution in [0.2, 0.25) is 0 Å². The molecule has 0 saturated carbocycles. The van der Waals surface area contributed by atoms with Crippen LogP contribution in [-0.4, -0.2) is 12.9 Å². The highest BCUT2D eigenvalue weighted by Gasteiger charge is 2.16. The van der Waals surface area contributed by atoms with Crippen molar-refractivity contribution in [1.29, 1.82) is 0 Å². The summed E-state index contributed by atoms with van der Waals surface area (Å²) < 4.78 is 6.17. The largest absolute Gasteiger partial charge is 0.496 e. The molecule has 4 heteroatoms. The summed E-state index contributed by atoms with van der Waals surface area (Å²) in [6, 6.07) is 9.12. The fraction of sp³-hybridized carbons (Fsp3) is 0.154. The van der Waals surface area contributed by atoms with E-state index >= 15 is 0 Å². The second-order valence-corrected chi connectivity index (χ2v) is 5.65. The smallest absolute Gasteiger partial charge is 0.206 e. The Balaban J connectivity index is 2.43. The zero-order chi connectivity index (χ0) is 12.4. The van der Waals surface area contributed by atoms with Crippen LogP contribution in [0.3, 0.4) is 0 Å². The average Bonchev–Trinajstić information content (AvgIpc) is 2.68. The van der Waals surface area contributed by atoms with Crippen LogP contribution in [0.5, 0.6) is 5.75 Å². The van der Waals surface area contributed by atoms with E-state index in [1.165, 1.54) is 11.3 Å². The zero-order valence-corrected chi connectivity index (χ0v) is 11.9. The zero-order valence-electron chi connectivity index (χ0n) is 9.49. The van der Waals surface area contributed by atoms with Crippen LogP contribution in [0, 0.1) is 6.92 Å². The first-order valence-corrected chi connectivity index (χ1v) is 6.68. The van der Waals surface area contributed by atoms with Gasteiger partial charge in [-0.25, -0.2) is 0 Å². The van der Waals surface area contributed by atoms with Crippen LogP contribution in [0.15, 0.2) is 34.8 Å². The van der Waals surface area contributed by atoms with Crippen molar-refractivity contribution < 1.29 is 9.53 Å². The molecule has 0 bridgehead atoms. The molecule has 1 aromatic carbocycles. The molecule has 0 amide bonds. The first-order valence-electron chi connectivity index (χ1n) is 5.07. The number of methoxy groups -OCH3 is 1. The van der Waals surface area contributed by atoms with Crippen LogP contribution in [0.1, 0.15) is 20.1 Å². The third-order valence-electron chi connectivity index (χ3n) is 2.43. The van der Waals surface area contributed by atoms with Gasteiger partial charge in [-0.2, -0.15) is 0 Å². The molecule has 0 N–H and O–H groups in total. The predicted molar refractivity (Wildman–Crippen MR) is 73.2 cm³/mol. The first-order chi connectivity index (χ1) is 8.13. The van der Waals surface area contributed by atoms with Gasteiger partial charge in [-0.05, 0) is 41.1 Å². The minimum Gasteiger partial charge on any atom is -0.496 e. The predicted octanol–water partition coefficient (Wildman–Crippen LogP) is 4.06. The molecule has 0 aliphatic heterocycles. The van der Waals surface area contributed by atoms with E-state index in [2.05, 4.69) is 15.9 Å². The number of halogens is 1. The van der Waals surface area contributed by atoms with Gasteiger partial charge < -0.3 is 4.74 Å². The van der Waals surface area contributed by atoms with Crippen molar-refractivity contribution in [3.05, 3.63) is 50.1 Å². The molecule has 17 heavy (non-hydrogen) atoms. The molecule has 0 spiro atoms. The molecule has 0 atom stereocenters. The number of hydrogen-bond acceptors (Lipinski definition) is 3. The second kappa shape index (κ2) is 5.02. The summed E-state index contributed by atoms with van der Waals surface area (Å²) in [4.78, 5) is 14.1. The number of rotatable bonds is 3.